The molecule has 2 aromatic carbocycles. The molecule has 3 aromatic rings. The van der Waals surface area contributed by atoms with Gasteiger partial charge in [-0.2, -0.15) is 0 Å². The van der Waals surface area contributed by atoms with Crippen molar-refractivity contribution in [3.63, 3.8) is 0 Å². The summed E-state index contributed by atoms with van der Waals surface area (Å²) in [5, 5.41) is 1.04. The van der Waals surface area contributed by atoms with E-state index in [9.17, 15) is 9.59 Å². The van der Waals surface area contributed by atoms with Gasteiger partial charge in [0.15, 0.2) is 0 Å². The van der Waals surface area contributed by atoms with Crippen molar-refractivity contribution in [1.82, 2.24) is 14.4 Å². The fourth-order valence-electron chi connectivity index (χ4n) is 5.81. The normalized spacial score (nSPS) is 19.5. The lowest BCUT2D eigenvalue weighted by atomic mass is 9.87. The first kappa shape index (κ1) is 22.9. The maximum absolute atomic E-state index is 13.8. The van der Waals surface area contributed by atoms with Crippen LogP contribution in [0.25, 0.3) is 10.9 Å². The Labute approximate surface area is 202 Å². The molecule has 1 aromatic heterocycles. The van der Waals surface area contributed by atoms with Crippen molar-refractivity contribution in [2.24, 2.45) is 13.0 Å². The minimum Gasteiger partial charge on any atom is -0.334 e. The first-order valence-electron chi connectivity index (χ1n) is 12.7. The summed E-state index contributed by atoms with van der Waals surface area (Å²) in [7, 11) is 1.83. The third-order valence-electron chi connectivity index (χ3n) is 7.72. The van der Waals surface area contributed by atoms with Crippen molar-refractivity contribution in [2.75, 3.05) is 13.1 Å². The first-order chi connectivity index (χ1) is 16.6. The molecular formula is C29H35N3O2. The molecule has 2 heterocycles. The molecule has 0 radical (unpaired) electrons. The molecule has 5 nitrogen and oxygen atoms in total. The molecule has 1 aliphatic carbocycles. The van der Waals surface area contributed by atoms with Gasteiger partial charge < -0.3 is 9.47 Å². The van der Waals surface area contributed by atoms with Crippen molar-refractivity contribution in [3.05, 3.63) is 82.1 Å². The Kier molecular flexibility index (Phi) is 6.82. The van der Waals surface area contributed by atoms with Crippen molar-refractivity contribution in [1.29, 1.82) is 0 Å². The van der Waals surface area contributed by atoms with Crippen molar-refractivity contribution >= 4 is 16.8 Å². The molecule has 1 atom stereocenters. The SMILES string of the molecule is Cn1c(=O)c(CN(C(=O)C2CCCCC2)[C@@H]2CCN(Cc3ccccc3)C2)cc2ccccc21. The fraction of sp³-hybridized carbons (Fsp3) is 0.448. The maximum atomic E-state index is 13.8. The minimum atomic E-state index is -0.000664. The molecule has 5 heteroatoms. The number of aromatic nitrogens is 1. The Bertz CT molecular complexity index is 1200. The maximum Gasteiger partial charge on any atom is 0.255 e. The molecule has 0 bridgehead atoms. The van der Waals surface area contributed by atoms with E-state index in [-0.39, 0.29) is 23.4 Å². The van der Waals surface area contributed by atoms with Gasteiger partial charge in [-0.05, 0) is 42.3 Å². The summed E-state index contributed by atoms with van der Waals surface area (Å²) in [5.41, 5.74) is 2.94. The first-order valence-corrected chi connectivity index (χ1v) is 12.7. The van der Waals surface area contributed by atoms with Gasteiger partial charge in [0.1, 0.15) is 0 Å². The zero-order chi connectivity index (χ0) is 23.5. The van der Waals surface area contributed by atoms with E-state index in [2.05, 4.69) is 34.1 Å². The fourth-order valence-corrected chi connectivity index (χ4v) is 5.81. The van der Waals surface area contributed by atoms with Crippen LogP contribution in [0.2, 0.25) is 0 Å². The molecule has 1 saturated carbocycles. The highest BCUT2D eigenvalue weighted by Crippen LogP contribution is 2.29. The number of rotatable bonds is 6. The van der Waals surface area contributed by atoms with Crippen LogP contribution in [-0.4, -0.2) is 39.4 Å². The zero-order valence-electron chi connectivity index (χ0n) is 20.2. The molecule has 5 rings (SSSR count). The predicted octanol–water partition coefficient (Wildman–Crippen LogP) is 4.72. The van der Waals surface area contributed by atoms with Crippen LogP contribution in [0.3, 0.4) is 0 Å². The van der Waals surface area contributed by atoms with Crippen LogP contribution >= 0.6 is 0 Å². The number of carbonyl (C=O) groups excluding carboxylic acids is 1. The summed E-state index contributed by atoms with van der Waals surface area (Å²) in [5.74, 6) is 0.350. The van der Waals surface area contributed by atoms with Crippen LogP contribution < -0.4 is 5.56 Å². The number of likely N-dealkylation sites (tertiary alicyclic amines) is 1. The molecule has 0 unspecified atom stereocenters. The Morgan fingerprint density at radius 2 is 1.71 bits per heavy atom. The van der Waals surface area contributed by atoms with E-state index in [1.54, 1.807) is 4.57 Å². The number of benzene rings is 2. The lowest BCUT2D eigenvalue weighted by Crippen LogP contribution is -2.46. The van der Waals surface area contributed by atoms with Gasteiger partial charge in [-0.1, -0.05) is 67.8 Å². The number of fused-ring (bicyclic) bond motifs is 1. The molecule has 1 amide bonds. The predicted molar refractivity (Wildman–Crippen MR) is 136 cm³/mol. The van der Waals surface area contributed by atoms with E-state index >= 15 is 0 Å². The highest BCUT2D eigenvalue weighted by atomic mass is 16.2. The van der Waals surface area contributed by atoms with E-state index in [0.29, 0.717) is 12.1 Å². The second kappa shape index (κ2) is 10.1. The minimum absolute atomic E-state index is 0.000664. The van der Waals surface area contributed by atoms with Crippen LogP contribution in [-0.2, 0) is 24.9 Å². The average molecular weight is 458 g/mol. The van der Waals surface area contributed by atoms with Crippen LogP contribution in [0.4, 0.5) is 0 Å². The molecular weight excluding hydrogens is 422 g/mol. The molecule has 0 N–H and O–H groups in total. The van der Waals surface area contributed by atoms with E-state index in [1.807, 2.05) is 43.4 Å². The van der Waals surface area contributed by atoms with Crippen molar-refractivity contribution in [3.8, 4) is 0 Å². The van der Waals surface area contributed by atoms with Crippen LogP contribution in [0.15, 0.2) is 65.5 Å². The lowest BCUT2D eigenvalue weighted by Gasteiger charge is -2.34. The quantitative estimate of drug-likeness (QED) is 0.538. The van der Waals surface area contributed by atoms with Crippen LogP contribution in [0.5, 0.6) is 0 Å². The van der Waals surface area contributed by atoms with Gasteiger partial charge >= 0.3 is 0 Å². The number of aryl methyl sites for hydroxylation is 1. The van der Waals surface area contributed by atoms with Gasteiger partial charge in [0, 0.05) is 44.2 Å². The van der Waals surface area contributed by atoms with E-state index in [0.717, 1.165) is 62.6 Å². The standard InChI is InChI=1S/C29H35N3O2/c1-30-27-15-9-8-14-24(27)18-25(28(30)33)20-32(29(34)23-12-6-3-7-13-23)26-16-17-31(21-26)19-22-10-4-2-5-11-22/h2,4-5,8-11,14-15,18,23,26H,3,6-7,12-13,16-17,19-21H2,1H3/t26-/m1/s1. The van der Waals surface area contributed by atoms with Gasteiger partial charge in [0.25, 0.3) is 5.56 Å². The summed E-state index contributed by atoms with van der Waals surface area (Å²) in [6, 6.07) is 20.7. The molecule has 2 aliphatic rings. The second-order valence-corrected chi connectivity index (χ2v) is 10.1. The molecule has 1 saturated heterocycles. The van der Waals surface area contributed by atoms with Crippen molar-refractivity contribution < 1.29 is 4.79 Å². The number of hydrogen-bond donors (Lipinski definition) is 0. The van der Waals surface area contributed by atoms with E-state index in [1.165, 1.54) is 12.0 Å². The average Bonchev–Trinajstić information content (AvgIpc) is 3.34. The second-order valence-electron chi connectivity index (χ2n) is 10.1. The summed E-state index contributed by atoms with van der Waals surface area (Å²) in [6.07, 6.45) is 6.40. The van der Waals surface area contributed by atoms with E-state index in [4.69, 9.17) is 0 Å². The Morgan fingerprint density at radius 3 is 2.50 bits per heavy atom. The molecule has 2 fully saturated rings. The molecule has 34 heavy (non-hydrogen) atoms. The number of nitrogens with zero attached hydrogens (tertiary/aromatic N) is 3. The third-order valence-corrected chi connectivity index (χ3v) is 7.72. The largest absolute Gasteiger partial charge is 0.334 e. The monoisotopic (exact) mass is 457 g/mol. The molecule has 1 aliphatic heterocycles. The topological polar surface area (TPSA) is 45.6 Å². The van der Waals surface area contributed by atoms with Crippen molar-refractivity contribution in [2.45, 2.75) is 57.7 Å². The summed E-state index contributed by atoms with van der Waals surface area (Å²) < 4.78 is 1.73. The van der Waals surface area contributed by atoms with E-state index < -0.39 is 0 Å². The molecule has 178 valence electrons. The highest BCUT2D eigenvalue weighted by Gasteiger charge is 2.35. The number of hydrogen-bond acceptors (Lipinski definition) is 3. The Hall–Kier alpha value is -2.92. The Balaban J connectivity index is 1.41. The summed E-state index contributed by atoms with van der Waals surface area (Å²) in [6.45, 7) is 3.14. The van der Waals surface area contributed by atoms with Crippen LogP contribution in [0.1, 0.15) is 49.7 Å². The number of amides is 1. The van der Waals surface area contributed by atoms with Crippen LogP contribution in [0, 0.1) is 5.92 Å². The van der Waals surface area contributed by atoms with Gasteiger partial charge in [0.05, 0.1) is 12.1 Å². The summed E-state index contributed by atoms with van der Waals surface area (Å²) in [4.78, 5) is 31.6. The number of pyridine rings is 1. The third kappa shape index (κ3) is 4.80. The Morgan fingerprint density at radius 1 is 0.971 bits per heavy atom. The highest BCUT2D eigenvalue weighted by molar-refractivity contribution is 5.81. The van der Waals surface area contributed by atoms with Gasteiger partial charge in [-0.25, -0.2) is 0 Å². The smallest absolute Gasteiger partial charge is 0.255 e. The molecule has 0 spiro atoms. The van der Waals surface area contributed by atoms with Gasteiger partial charge in [0.2, 0.25) is 5.91 Å². The van der Waals surface area contributed by atoms with Gasteiger partial charge in [-0.15, -0.1) is 0 Å². The van der Waals surface area contributed by atoms with Gasteiger partial charge in [-0.3, -0.25) is 14.5 Å². The number of para-hydroxylation sites is 1. The number of carbonyl (C=O) groups is 1. The summed E-state index contributed by atoms with van der Waals surface area (Å²) >= 11 is 0. The lowest BCUT2D eigenvalue weighted by molar-refractivity contribution is -0.139. The zero-order valence-corrected chi connectivity index (χ0v) is 20.2.